The van der Waals surface area contributed by atoms with Crippen molar-refractivity contribution in [1.29, 1.82) is 5.41 Å². The molecule has 1 unspecified atom stereocenters. The molecular formula is C13H29N3. The molecule has 3 N–H and O–H groups in total. The van der Waals surface area contributed by atoms with Crippen LogP contribution < -0.4 is 5.73 Å². The Labute approximate surface area is 101 Å². The number of nitrogens with two attached hydrogens (primary N) is 1. The monoisotopic (exact) mass is 227 g/mol. The van der Waals surface area contributed by atoms with E-state index in [-0.39, 0.29) is 0 Å². The van der Waals surface area contributed by atoms with Gasteiger partial charge in [0.15, 0.2) is 0 Å². The van der Waals surface area contributed by atoms with Crippen LogP contribution in [0.25, 0.3) is 0 Å². The first kappa shape index (κ1) is 15.4. The van der Waals surface area contributed by atoms with Crippen LogP contribution in [-0.4, -0.2) is 30.4 Å². The van der Waals surface area contributed by atoms with Gasteiger partial charge in [-0.1, -0.05) is 34.1 Å². The van der Waals surface area contributed by atoms with E-state index in [4.69, 9.17) is 11.1 Å². The zero-order valence-corrected chi connectivity index (χ0v) is 11.4. The minimum absolute atomic E-state index is 0.303. The summed E-state index contributed by atoms with van der Waals surface area (Å²) in [5.41, 5.74) is 5.42. The first-order valence-corrected chi connectivity index (χ1v) is 6.50. The van der Waals surface area contributed by atoms with Gasteiger partial charge < -0.3 is 10.6 Å². The van der Waals surface area contributed by atoms with Crippen molar-refractivity contribution in [3.8, 4) is 0 Å². The summed E-state index contributed by atoms with van der Waals surface area (Å²) in [6.07, 6.45) is 3.24. The van der Waals surface area contributed by atoms with Gasteiger partial charge in [-0.2, -0.15) is 0 Å². The van der Waals surface area contributed by atoms with Crippen molar-refractivity contribution in [2.75, 3.05) is 19.6 Å². The largest absolute Gasteiger partial charge is 0.388 e. The van der Waals surface area contributed by atoms with Crippen LogP contribution in [0.5, 0.6) is 0 Å². The maximum Gasteiger partial charge on any atom is 0.0918 e. The maximum atomic E-state index is 7.28. The van der Waals surface area contributed by atoms with E-state index in [1.807, 2.05) is 0 Å². The topological polar surface area (TPSA) is 53.1 Å². The second-order valence-electron chi connectivity index (χ2n) is 5.32. The molecule has 96 valence electrons. The molecule has 0 aliphatic rings. The Bertz CT molecular complexity index is 190. The summed E-state index contributed by atoms with van der Waals surface area (Å²) in [4.78, 5) is 2.45. The van der Waals surface area contributed by atoms with E-state index in [9.17, 15) is 0 Å². The van der Waals surface area contributed by atoms with E-state index < -0.39 is 0 Å². The summed E-state index contributed by atoms with van der Waals surface area (Å²) in [6, 6.07) is 0. The SMILES string of the molecule is CCCC(C)CN(CCC(=N)N)CC(C)C. The third kappa shape index (κ3) is 8.72. The molecule has 0 amide bonds. The Morgan fingerprint density at radius 3 is 2.31 bits per heavy atom. The number of hydrogen-bond donors (Lipinski definition) is 2. The fourth-order valence-corrected chi connectivity index (χ4v) is 2.08. The molecule has 0 aliphatic heterocycles. The van der Waals surface area contributed by atoms with Gasteiger partial charge in [-0.05, 0) is 18.3 Å². The van der Waals surface area contributed by atoms with E-state index in [2.05, 4.69) is 32.6 Å². The minimum Gasteiger partial charge on any atom is -0.388 e. The summed E-state index contributed by atoms with van der Waals surface area (Å²) >= 11 is 0. The first-order chi connectivity index (χ1) is 7.45. The second kappa shape index (κ2) is 8.57. The lowest BCUT2D eigenvalue weighted by atomic mass is 10.0. The number of nitrogens with zero attached hydrogens (tertiary/aromatic N) is 1. The average molecular weight is 227 g/mol. The summed E-state index contributed by atoms with van der Waals surface area (Å²) < 4.78 is 0. The van der Waals surface area contributed by atoms with Crippen molar-refractivity contribution in [3.63, 3.8) is 0 Å². The summed E-state index contributed by atoms with van der Waals surface area (Å²) in [7, 11) is 0. The molecule has 0 spiro atoms. The molecule has 0 rings (SSSR count). The Balaban J connectivity index is 4.03. The predicted molar refractivity (Wildman–Crippen MR) is 71.9 cm³/mol. The van der Waals surface area contributed by atoms with Gasteiger partial charge in [-0.25, -0.2) is 0 Å². The van der Waals surface area contributed by atoms with E-state index >= 15 is 0 Å². The van der Waals surface area contributed by atoms with Gasteiger partial charge in [0.25, 0.3) is 0 Å². The molecule has 0 aromatic rings. The van der Waals surface area contributed by atoms with Gasteiger partial charge in [-0.15, -0.1) is 0 Å². The molecule has 0 fully saturated rings. The van der Waals surface area contributed by atoms with Crippen LogP contribution >= 0.6 is 0 Å². The van der Waals surface area contributed by atoms with Crippen molar-refractivity contribution in [2.24, 2.45) is 17.6 Å². The predicted octanol–water partition coefficient (Wildman–Crippen LogP) is 2.71. The number of hydrogen-bond acceptors (Lipinski definition) is 2. The Hall–Kier alpha value is -0.570. The number of nitrogens with one attached hydrogen (secondary N) is 1. The molecule has 0 aromatic carbocycles. The Morgan fingerprint density at radius 1 is 1.25 bits per heavy atom. The van der Waals surface area contributed by atoms with Gasteiger partial charge in [0.05, 0.1) is 5.84 Å². The third-order valence-electron chi connectivity index (χ3n) is 2.67. The Kier molecular flexibility index (Phi) is 8.26. The molecule has 0 saturated heterocycles. The lowest BCUT2D eigenvalue weighted by molar-refractivity contribution is 0.214. The normalized spacial score (nSPS) is 13.4. The summed E-state index contributed by atoms with van der Waals surface area (Å²) in [5, 5.41) is 7.28. The number of rotatable bonds is 9. The molecule has 0 aromatic heterocycles. The average Bonchev–Trinajstić information content (AvgIpc) is 2.13. The highest BCUT2D eigenvalue weighted by Crippen LogP contribution is 2.09. The minimum atomic E-state index is 0.303. The zero-order valence-electron chi connectivity index (χ0n) is 11.4. The van der Waals surface area contributed by atoms with Crippen LogP contribution in [0.2, 0.25) is 0 Å². The lowest BCUT2D eigenvalue weighted by Crippen LogP contribution is -2.34. The molecule has 0 saturated carbocycles. The number of amidine groups is 1. The molecule has 3 heteroatoms. The molecule has 0 radical (unpaired) electrons. The molecular weight excluding hydrogens is 198 g/mol. The first-order valence-electron chi connectivity index (χ1n) is 6.50. The zero-order chi connectivity index (χ0) is 12.6. The fraction of sp³-hybridized carbons (Fsp3) is 0.923. The van der Waals surface area contributed by atoms with E-state index in [0.717, 1.165) is 25.6 Å². The van der Waals surface area contributed by atoms with E-state index in [0.29, 0.717) is 18.2 Å². The molecule has 3 nitrogen and oxygen atoms in total. The smallest absolute Gasteiger partial charge is 0.0918 e. The van der Waals surface area contributed by atoms with Gasteiger partial charge >= 0.3 is 0 Å². The van der Waals surface area contributed by atoms with E-state index in [1.165, 1.54) is 12.8 Å². The van der Waals surface area contributed by atoms with Gasteiger partial charge in [0, 0.05) is 26.1 Å². The fourth-order valence-electron chi connectivity index (χ4n) is 2.08. The molecule has 16 heavy (non-hydrogen) atoms. The highest BCUT2D eigenvalue weighted by molar-refractivity contribution is 5.76. The third-order valence-corrected chi connectivity index (χ3v) is 2.67. The van der Waals surface area contributed by atoms with Crippen molar-refractivity contribution in [2.45, 2.75) is 47.0 Å². The van der Waals surface area contributed by atoms with Crippen molar-refractivity contribution in [1.82, 2.24) is 4.90 Å². The standard InChI is InChI=1S/C13H29N3/c1-5-6-12(4)10-16(9-11(2)3)8-7-13(14)15/h11-12H,5-10H2,1-4H3,(H3,14,15). The summed E-state index contributed by atoms with van der Waals surface area (Å²) in [5.74, 6) is 1.73. The van der Waals surface area contributed by atoms with E-state index in [1.54, 1.807) is 0 Å². The van der Waals surface area contributed by atoms with Gasteiger partial charge in [-0.3, -0.25) is 5.41 Å². The molecule has 1 atom stereocenters. The van der Waals surface area contributed by atoms with Crippen LogP contribution in [0.15, 0.2) is 0 Å². The van der Waals surface area contributed by atoms with Crippen molar-refractivity contribution >= 4 is 5.84 Å². The highest BCUT2D eigenvalue weighted by atomic mass is 15.1. The van der Waals surface area contributed by atoms with Crippen molar-refractivity contribution < 1.29 is 0 Å². The summed E-state index contributed by atoms with van der Waals surface area (Å²) in [6.45, 7) is 12.2. The van der Waals surface area contributed by atoms with Gasteiger partial charge in [0.1, 0.15) is 0 Å². The molecule has 0 heterocycles. The highest BCUT2D eigenvalue weighted by Gasteiger charge is 2.11. The quantitative estimate of drug-likeness (QED) is 0.470. The van der Waals surface area contributed by atoms with Crippen LogP contribution in [0, 0.1) is 17.2 Å². The van der Waals surface area contributed by atoms with Crippen LogP contribution in [0.3, 0.4) is 0 Å². The van der Waals surface area contributed by atoms with Gasteiger partial charge in [0.2, 0.25) is 0 Å². The molecule has 0 bridgehead atoms. The maximum absolute atomic E-state index is 7.28. The Morgan fingerprint density at radius 2 is 1.88 bits per heavy atom. The van der Waals surface area contributed by atoms with Crippen LogP contribution in [0.4, 0.5) is 0 Å². The van der Waals surface area contributed by atoms with Crippen molar-refractivity contribution in [3.05, 3.63) is 0 Å². The second-order valence-corrected chi connectivity index (χ2v) is 5.32. The lowest BCUT2D eigenvalue weighted by Gasteiger charge is -2.27. The van der Waals surface area contributed by atoms with Crippen LogP contribution in [0.1, 0.15) is 47.0 Å². The molecule has 0 aliphatic carbocycles. The van der Waals surface area contributed by atoms with Crippen LogP contribution in [-0.2, 0) is 0 Å².